The van der Waals surface area contributed by atoms with Gasteiger partial charge in [-0.1, -0.05) is 17.8 Å². The van der Waals surface area contributed by atoms with Crippen molar-refractivity contribution in [2.24, 2.45) is 0 Å². The first-order chi connectivity index (χ1) is 14.0. The predicted molar refractivity (Wildman–Crippen MR) is 110 cm³/mol. The highest BCUT2D eigenvalue weighted by Crippen LogP contribution is 2.39. The highest BCUT2D eigenvalue weighted by Gasteiger charge is 2.41. The summed E-state index contributed by atoms with van der Waals surface area (Å²) in [7, 11) is 1.58. The van der Waals surface area contributed by atoms with Gasteiger partial charge in [0.05, 0.1) is 16.9 Å². The summed E-state index contributed by atoms with van der Waals surface area (Å²) in [5.41, 5.74) is 1.73. The van der Waals surface area contributed by atoms with Gasteiger partial charge in [0.25, 0.3) is 17.6 Å². The Hall–Kier alpha value is -2.94. The van der Waals surface area contributed by atoms with Crippen LogP contribution in [0.4, 0.5) is 17.2 Å². The summed E-state index contributed by atoms with van der Waals surface area (Å²) in [5.74, 6) is -0.741. The molecule has 2 aromatic rings. The molecule has 1 unspecified atom stereocenters. The Balaban J connectivity index is 1.67. The minimum Gasteiger partial charge on any atom is -0.351 e. The van der Waals surface area contributed by atoms with Crippen LogP contribution in [0, 0.1) is 0 Å². The summed E-state index contributed by atoms with van der Waals surface area (Å²) in [4.78, 5) is 52.5. The van der Waals surface area contributed by atoms with E-state index in [9.17, 15) is 14.4 Å². The van der Waals surface area contributed by atoms with Crippen molar-refractivity contribution in [3.63, 3.8) is 0 Å². The van der Waals surface area contributed by atoms with E-state index in [4.69, 9.17) is 0 Å². The third kappa shape index (κ3) is 2.57. The number of aromatic nitrogens is 2. The number of ketones is 1. The van der Waals surface area contributed by atoms with Gasteiger partial charge in [-0.15, -0.1) is 0 Å². The van der Waals surface area contributed by atoms with E-state index in [1.807, 2.05) is 6.26 Å². The third-order valence-corrected chi connectivity index (χ3v) is 6.41. The van der Waals surface area contributed by atoms with E-state index in [0.717, 1.165) is 19.4 Å². The van der Waals surface area contributed by atoms with Crippen LogP contribution in [0.25, 0.3) is 0 Å². The predicted octanol–water partition coefficient (Wildman–Crippen LogP) is 1.99. The van der Waals surface area contributed by atoms with E-state index in [2.05, 4.69) is 14.9 Å². The van der Waals surface area contributed by atoms with Crippen LogP contribution in [0.15, 0.2) is 29.6 Å². The maximum Gasteiger partial charge on any atom is 0.299 e. The molecule has 0 radical (unpaired) electrons. The summed E-state index contributed by atoms with van der Waals surface area (Å²) < 4.78 is 0. The Morgan fingerprint density at radius 3 is 2.72 bits per heavy atom. The molecule has 8 nitrogen and oxygen atoms in total. The van der Waals surface area contributed by atoms with Gasteiger partial charge in [0.15, 0.2) is 5.16 Å². The van der Waals surface area contributed by atoms with E-state index in [0.29, 0.717) is 40.0 Å². The first-order valence-corrected chi connectivity index (χ1v) is 10.7. The SMILES string of the molecule is CSc1ncc2c(n1)N1CCCC1CN(c1cccc3c1C(=O)C(=O)N3C)C2=O. The van der Waals surface area contributed by atoms with Crippen LogP contribution in [0.5, 0.6) is 0 Å². The monoisotopic (exact) mass is 409 g/mol. The number of Topliss-reactive ketones (excluding diaryl/α,β-unsaturated/α-hetero) is 1. The second-order valence-electron chi connectivity index (χ2n) is 7.36. The van der Waals surface area contributed by atoms with Gasteiger partial charge in [-0.25, -0.2) is 9.97 Å². The van der Waals surface area contributed by atoms with Crippen molar-refractivity contribution in [3.05, 3.63) is 35.5 Å². The minimum atomic E-state index is -0.578. The van der Waals surface area contributed by atoms with Crippen LogP contribution >= 0.6 is 11.8 Å². The molecule has 2 amide bonds. The highest BCUT2D eigenvalue weighted by molar-refractivity contribution is 7.98. The van der Waals surface area contributed by atoms with Gasteiger partial charge in [-0.3, -0.25) is 14.4 Å². The number of carbonyl (C=O) groups is 3. The van der Waals surface area contributed by atoms with Crippen molar-refractivity contribution < 1.29 is 14.4 Å². The van der Waals surface area contributed by atoms with Crippen molar-refractivity contribution in [3.8, 4) is 0 Å². The van der Waals surface area contributed by atoms with Crippen molar-refractivity contribution in [1.82, 2.24) is 9.97 Å². The number of rotatable bonds is 2. The molecule has 1 atom stereocenters. The minimum absolute atomic E-state index is 0.102. The Kier molecular flexibility index (Phi) is 4.09. The van der Waals surface area contributed by atoms with Crippen molar-refractivity contribution in [2.75, 3.05) is 41.1 Å². The topological polar surface area (TPSA) is 86.7 Å². The third-order valence-electron chi connectivity index (χ3n) is 5.85. The average Bonchev–Trinajstić information content (AvgIpc) is 3.27. The Bertz CT molecular complexity index is 1070. The van der Waals surface area contributed by atoms with E-state index >= 15 is 0 Å². The fraction of sp³-hybridized carbons (Fsp3) is 0.350. The Morgan fingerprint density at radius 1 is 1.14 bits per heavy atom. The van der Waals surface area contributed by atoms with E-state index in [1.54, 1.807) is 36.3 Å². The fourth-order valence-corrected chi connectivity index (χ4v) is 4.75. The van der Waals surface area contributed by atoms with Crippen LogP contribution in [0.1, 0.15) is 33.6 Å². The standard InChI is InChI=1S/C20H19N5O3S/c1-23-13-6-3-7-14(15(13)16(26)19(23)28)25-10-11-5-4-8-24(11)17-12(18(25)27)9-21-20(22-17)29-2/h3,6-7,9,11H,4-5,8,10H2,1-2H3. The molecule has 0 aliphatic carbocycles. The Labute approximate surface area is 171 Å². The number of likely N-dealkylation sites (N-methyl/N-ethyl adjacent to an activating group) is 1. The zero-order valence-corrected chi connectivity index (χ0v) is 16.9. The molecule has 0 N–H and O–H groups in total. The first-order valence-electron chi connectivity index (χ1n) is 9.46. The second-order valence-corrected chi connectivity index (χ2v) is 8.14. The number of hydrogen-bond donors (Lipinski definition) is 0. The smallest absolute Gasteiger partial charge is 0.299 e. The molecule has 1 saturated heterocycles. The number of amides is 2. The number of thioether (sulfide) groups is 1. The number of hydrogen-bond acceptors (Lipinski definition) is 7. The molecule has 3 aliphatic rings. The quantitative estimate of drug-likeness (QED) is 0.426. The first kappa shape index (κ1) is 18.1. The zero-order valence-electron chi connectivity index (χ0n) is 16.1. The summed E-state index contributed by atoms with van der Waals surface area (Å²) >= 11 is 1.44. The number of anilines is 3. The largest absolute Gasteiger partial charge is 0.351 e. The zero-order chi connectivity index (χ0) is 20.3. The summed E-state index contributed by atoms with van der Waals surface area (Å²) in [6, 6.07) is 5.34. The maximum absolute atomic E-state index is 13.5. The molecule has 29 heavy (non-hydrogen) atoms. The van der Waals surface area contributed by atoms with Gasteiger partial charge >= 0.3 is 0 Å². The molecule has 3 aliphatic heterocycles. The normalized spacial score (nSPS) is 20.7. The number of fused-ring (bicyclic) bond motifs is 4. The molecule has 5 rings (SSSR count). The van der Waals surface area contributed by atoms with Crippen LogP contribution in [-0.2, 0) is 4.79 Å². The lowest BCUT2D eigenvalue weighted by molar-refractivity contribution is -0.114. The van der Waals surface area contributed by atoms with Gasteiger partial charge in [0.1, 0.15) is 11.4 Å². The summed E-state index contributed by atoms with van der Waals surface area (Å²) in [6.45, 7) is 1.27. The van der Waals surface area contributed by atoms with Crippen LogP contribution in [0.3, 0.4) is 0 Å². The lowest BCUT2D eigenvalue weighted by Gasteiger charge is -2.27. The molecular formula is C20H19N5O3S. The van der Waals surface area contributed by atoms with Crippen LogP contribution < -0.4 is 14.7 Å². The average molecular weight is 409 g/mol. The van der Waals surface area contributed by atoms with Crippen molar-refractivity contribution >= 4 is 46.6 Å². The van der Waals surface area contributed by atoms with E-state index < -0.39 is 11.7 Å². The number of nitrogens with zero attached hydrogens (tertiary/aromatic N) is 5. The molecule has 0 bridgehead atoms. The van der Waals surface area contributed by atoms with Gasteiger partial charge in [-0.05, 0) is 31.2 Å². The second kappa shape index (κ2) is 6.55. The summed E-state index contributed by atoms with van der Waals surface area (Å²) in [6.07, 6.45) is 5.42. The molecule has 148 valence electrons. The van der Waals surface area contributed by atoms with Gasteiger partial charge < -0.3 is 14.7 Å². The molecule has 1 fully saturated rings. The van der Waals surface area contributed by atoms with E-state index in [1.165, 1.54) is 16.7 Å². The summed E-state index contributed by atoms with van der Waals surface area (Å²) in [5, 5.41) is 0.624. The van der Waals surface area contributed by atoms with Crippen molar-refractivity contribution in [2.45, 2.75) is 24.0 Å². The lowest BCUT2D eigenvalue weighted by Crippen LogP contribution is -2.40. The maximum atomic E-state index is 13.5. The molecule has 4 heterocycles. The molecular weight excluding hydrogens is 390 g/mol. The fourth-order valence-electron chi connectivity index (χ4n) is 4.41. The molecule has 0 saturated carbocycles. The van der Waals surface area contributed by atoms with Crippen molar-refractivity contribution in [1.29, 1.82) is 0 Å². The van der Waals surface area contributed by atoms with Gasteiger partial charge in [-0.2, -0.15) is 0 Å². The number of benzene rings is 1. The van der Waals surface area contributed by atoms with E-state index in [-0.39, 0.29) is 11.9 Å². The molecule has 9 heteroatoms. The molecule has 1 aromatic carbocycles. The molecule has 0 spiro atoms. The molecule has 1 aromatic heterocycles. The lowest BCUT2D eigenvalue weighted by atomic mass is 10.1. The highest BCUT2D eigenvalue weighted by atomic mass is 32.2. The van der Waals surface area contributed by atoms with Crippen LogP contribution in [0.2, 0.25) is 0 Å². The van der Waals surface area contributed by atoms with Gasteiger partial charge in [0, 0.05) is 32.4 Å². The van der Waals surface area contributed by atoms with Crippen LogP contribution in [-0.4, -0.2) is 60.0 Å². The van der Waals surface area contributed by atoms with Gasteiger partial charge in [0.2, 0.25) is 0 Å². The number of carbonyl (C=O) groups excluding carboxylic acids is 3. The Morgan fingerprint density at radius 2 is 1.93 bits per heavy atom.